The van der Waals surface area contributed by atoms with E-state index in [2.05, 4.69) is 0 Å². The molecule has 0 bridgehead atoms. The van der Waals surface area contributed by atoms with Crippen LogP contribution in [0, 0.1) is 5.82 Å². The Morgan fingerprint density at radius 2 is 1.80 bits per heavy atom. The number of rotatable bonds is 5. The summed E-state index contributed by atoms with van der Waals surface area (Å²) < 4.78 is 18.9. The van der Waals surface area contributed by atoms with Crippen LogP contribution in [0.1, 0.15) is 29.7 Å². The van der Waals surface area contributed by atoms with Crippen LogP contribution < -0.4 is 10.5 Å². The van der Waals surface area contributed by atoms with Gasteiger partial charge in [0.2, 0.25) is 0 Å². The normalized spacial score (nSPS) is 12.2. The number of hydrogen-bond acceptors (Lipinski definition) is 3. The van der Waals surface area contributed by atoms with Crippen molar-refractivity contribution in [3.63, 3.8) is 0 Å². The van der Waals surface area contributed by atoms with Crippen molar-refractivity contribution >= 4 is 0 Å². The molecule has 2 rings (SSSR count). The summed E-state index contributed by atoms with van der Waals surface area (Å²) in [6, 6.07) is 11.5. The van der Waals surface area contributed by atoms with Crippen molar-refractivity contribution in [2.24, 2.45) is 5.73 Å². The van der Waals surface area contributed by atoms with E-state index < -0.39 is 0 Å². The van der Waals surface area contributed by atoms with Crippen LogP contribution in [0.3, 0.4) is 0 Å². The molecule has 0 radical (unpaired) electrons. The first kappa shape index (κ1) is 14.5. The first-order valence-electron chi connectivity index (χ1n) is 6.46. The maximum Gasteiger partial charge on any atom is 0.124 e. The van der Waals surface area contributed by atoms with E-state index in [0.717, 1.165) is 11.1 Å². The lowest BCUT2D eigenvalue weighted by Crippen LogP contribution is -2.08. The zero-order valence-electron chi connectivity index (χ0n) is 11.3. The van der Waals surface area contributed by atoms with Gasteiger partial charge in [0.25, 0.3) is 0 Å². The molecule has 0 aliphatic carbocycles. The highest BCUT2D eigenvalue weighted by Gasteiger charge is 2.09. The molecule has 0 aromatic heterocycles. The molecular weight excluding hydrogens is 257 g/mol. The fourth-order valence-corrected chi connectivity index (χ4v) is 1.91. The van der Waals surface area contributed by atoms with Crippen molar-refractivity contribution in [1.82, 2.24) is 0 Å². The summed E-state index contributed by atoms with van der Waals surface area (Å²) in [5.74, 6) is 0.268. The molecule has 2 aromatic carbocycles. The molecule has 0 saturated heterocycles. The molecule has 0 saturated carbocycles. The van der Waals surface area contributed by atoms with Gasteiger partial charge in [0, 0.05) is 11.6 Å². The minimum atomic E-state index is -0.322. The van der Waals surface area contributed by atoms with Gasteiger partial charge in [-0.05, 0) is 36.2 Å². The Bertz CT molecular complexity index is 567. The van der Waals surface area contributed by atoms with E-state index >= 15 is 0 Å². The predicted molar refractivity (Wildman–Crippen MR) is 75.7 cm³/mol. The van der Waals surface area contributed by atoms with Crippen molar-refractivity contribution in [2.45, 2.75) is 26.2 Å². The van der Waals surface area contributed by atoms with Gasteiger partial charge in [-0.15, -0.1) is 0 Å². The number of benzene rings is 2. The number of nitrogens with two attached hydrogens (primary N) is 1. The lowest BCUT2D eigenvalue weighted by atomic mass is 10.1. The van der Waals surface area contributed by atoms with Gasteiger partial charge in [0.15, 0.2) is 0 Å². The second-order valence-corrected chi connectivity index (χ2v) is 4.73. The van der Waals surface area contributed by atoms with Crippen LogP contribution in [-0.4, -0.2) is 5.11 Å². The third-order valence-electron chi connectivity index (χ3n) is 3.06. The largest absolute Gasteiger partial charge is 0.489 e. The second kappa shape index (κ2) is 6.50. The van der Waals surface area contributed by atoms with Gasteiger partial charge < -0.3 is 15.6 Å². The highest BCUT2D eigenvalue weighted by atomic mass is 19.1. The Balaban J connectivity index is 2.10. The maximum absolute atomic E-state index is 13.2. The molecule has 0 amide bonds. The molecule has 3 N–H and O–H groups in total. The third-order valence-corrected chi connectivity index (χ3v) is 3.06. The third kappa shape index (κ3) is 3.56. The smallest absolute Gasteiger partial charge is 0.124 e. The zero-order chi connectivity index (χ0) is 14.5. The van der Waals surface area contributed by atoms with Crippen LogP contribution in [0.15, 0.2) is 42.5 Å². The lowest BCUT2D eigenvalue weighted by Gasteiger charge is -2.14. The Labute approximate surface area is 117 Å². The molecule has 106 valence electrons. The zero-order valence-corrected chi connectivity index (χ0v) is 11.3. The maximum atomic E-state index is 13.2. The van der Waals surface area contributed by atoms with E-state index in [1.165, 1.54) is 12.1 Å². The summed E-state index contributed by atoms with van der Waals surface area (Å²) in [7, 11) is 0. The molecule has 0 heterocycles. The standard InChI is InChI=1S/C16H18FNO2/c1-11(18)15-8-14(17)6-7-16(15)20-10-13-4-2-12(9-19)3-5-13/h2-8,11,19H,9-10,18H2,1H3/t11-/m0/s1. The number of hydrogen-bond donors (Lipinski definition) is 2. The average Bonchev–Trinajstić information content (AvgIpc) is 2.46. The van der Waals surface area contributed by atoms with Crippen molar-refractivity contribution in [1.29, 1.82) is 0 Å². The molecular formula is C16H18FNO2. The highest BCUT2D eigenvalue weighted by molar-refractivity contribution is 5.36. The molecule has 1 atom stereocenters. The van der Waals surface area contributed by atoms with Crippen LogP contribution in [0.2, 0.25) is 0 Å². The van der Waals surface area contributed by atoms with Crippen LogP contribution in [-0.2, 0) is 13.2 Å². The molecule has 20 heavy (non-hydrogen) atoms. The van der Waals surface area contributed by atoms with Crippen molar-refractivity contribution in [3.05, 3.63) is 65.0 Å². The predicted octanol–water partition coefficient (Wildman–Crippen LogP) is 2.92. The molecule has 2 aromatic rings. The summed E-state index contributed by atoms with van der Waals surface area (Å²) in [4.78, 5) is 0. The van der Waals surface area contributed by atoms with Crippen LogP contribution in [0.4, 0.5) is 4.39 Å². The molecule has 4 heteroatoms. The Hall–Kier alpha value is -1.91. The summed E-state index contributed by atoms with van der Waals surface area (Å²) in [6.45, 7) is 2.18. The fourth-order valence-electron chi connectivity index (χ4n) is 1.91. The molecule has 3 nitrogen and oxygen atoms in total. The molecule has 0 spiro atoms. The average molecular weight is 275 g/mol. The van der Waals surface area contributed by atoms with Crippen molar-refractivity contribution in [3.8, 4) is 5.75 Å². The molecule has 0 fully saturated rings. The first-order valence-corrected chi connectivity index (χ1v) is 6.46. The summed E-state index contributed by atoms with van der Waals surface area (Å²) >= 11 is 0. The summed E-state index contributed by atoms with van der Waals surface area (Å²) in [6.07, 6.45) is 0. The van der Waals surface area contributed by atoms with Gasteiger partial charge in [-0.25, -0.2) is 4.39 Å². The Morgan fingerprint density at radius 1 is 1.15 bits per heavy atom. The van der Waals surface area contributed by atoms with E-state index in [1.54, 1.807) is 13.0 Å². The summed E-state index contributed by atoms with van der Waals surface area (Å²) in [5, 5.41) is 8.98. The van der Waals surface area contributed by atoms with Crippen LogP contribution in [0.5, 0.6) is 5.75 Å². The van der Waals surface area contributed by atoms with Crippen LogP contribution in [0.25, 0.3) is 0 Å². The van der Waals surface area contributed by atoms with Gasteiger partial charge in [-0.1, -0.05) is 24.3 Å². The molecule has 0 unspecified atom stereocenters. The van der Waals surface area contributed by atoms with E-state index in [-0.39, 0.29) is 18.5 Å². The minimum Gasteiger partial charge on any atom is -0.489 e. The van der Waals surface area contributed by atoms with E-state index in [1.807, 2.05) is 24.3 Å². The van der Waals surface area contributed by atoms with E-state index in [4.69, 9.17) is 15.6 Å². The number of halogens is 1. The minimum absolute atomic E-state index is 0.0218. The number of ether oxygens (including phenoxy) is 1. The van der Waals surface area contributed by atoms with Gasteiger partial charge in [-0.3, -0.25) is 0 Å². The quantitative estimate of drug-likeness (QED) is 0.882. The topological polar surface area (TPSA) is 55.5 Å². The molecule has 0 aliphatic heterocycles. The highest BCUT2D eigenvalue weighted by Crippen LogP contribution is 2.25. The van der Waals surface area contributed by atoms with Crippen molar-refractivity contribution in [2.75, 3.05) is 0 Å². The van der Waals surface area contributed by atoms with Crippen molar-refractivity contribution < 1.29 is 14.2 Å². The summed E-state index contributed by atoms with van der Waals surface area (Å²) in [5.41, 5.74) is 8.29. The first-order chi connectivity index (χ1) is 9.60. The van der Waals surface area contributed by atoms with Gasteiger partial charge >= 0.3 is 0 Å². The SMILES string of the molecule is C[C@H](N)c1cc(F)ccc1OCc1ccc(CO)cc1. The lowest BCUT2D eigenvalue weighted by molar-refractivity contribution is 0.281. The number of aliphatic hydroxyl groups excluding tert-OH is 1. The fraction of sp³-hybridized carbons (Fsp3) is 0.250. The van der Waals surface area contributed by atoms with E-state index in [9.17, 15) is 4.39 Å². The van der Waals surface area contributed by atoms with Gasteiger partial charge in [0.05, 0.1) is 6.61 Å². The van der Waals surface area contributed by atoms with Crippen LogP contribution >= 0.6 is 0 Å². The van der Waals surface area contributed by atoms with E-state index in [0.29, 0.717) is 17.9 Å². The second-order valence-electron chi connectivity index (χ2n) is 4.73. The Kier molecular flexibility index (Phi) is 4.71. The Morgan fingerprint density at radius 3 is 2.40 bits per heavy atom. The number of aliphatic hydroxyl groups is 1. The monoisotopic (exact) mass is 275 g/mol. The van der Waals surface area contributed by atoms with Gasteiger partial charge in [0.1, 0.15) is 18.2 Å². The van der Waals surface area contributed by atoms with Gasteiger partial charge in [-0.2, -0.15) is 0 Å². The molecule has 0 aliphatic rings.